The molecular weight excluding hydrogens is 432 g/mol. The van der Waals surface area contributed by atoms with E-state index in [1.807, 2.05) is 37.3 Å². The Bertz CT molecular complexity index is 1120. The Hall–Kier alpha value is -3.73. The highest BCUT2D eigenvalue weighted by Gasteiger charge is 2.15. The van der Waals surface area contributed by atoms with Gasteiger partial charge in [-0.3, -0.25) is 19.7 Å². The maximum Gasteiger partial charge on any atom is 0.270 e. The molecule has 0 bridgehead atoms. The number of non-ortho nitro benzene ring substituents is 1. The molecule has 3 aromatic rings. The average Bonchev–Trinajstić information content (AvgIpc) is 3.15. The van der Waals surface area contributed by atoms with Crippen LogP contribution in [0.25, 0.3) is 0 Å². The number of nitro groups is 1. The molecule has 0 aliphatic rings. The lowest BCUT2D eigenvalue weighted by atomic mass is 10.1. The van der Waals surface area contributed by atoms with Crippen molar-refractivity contribution in [2.75, 3.05) is 5.75 Å². The molecule has 32 heavy (non-hydrogen) atoms. The standard InChI is InChI=1S/C21H22N6O4S/c1-14(15-7-4-3-5-8-15)23-19(28)13-32-21-25-24-18(26(21)2)12-22-20(29)16-9-6-10-17(11-16)27(30)31/h3-11,14H,12-13H2,1-2H3,(H,22,29)(H,23,28)/t14-/m1/s1. The predicted molar refractivity (Wildman–Crippen MR) is 119 cm³/mol. The van der Waals surface area contributed by atoms with Gasteiger partial charge in [-0.1, -0.05) is 48.2 Å². The number of benzene rings is 2. The lowest BCUT2D eigenvalue weighted by molar-refractivity contribution is -0.384. The van der Waals surface area contributed by atoms with Gasteiger partial charge in [0.2, 0.25) is 5.91 Å². The topological polar surface area (TPSA) is 132 Å². The van der Waals surface area contributed by atoms with Crippen LogP contribution < -0.4 is 10.6 Å². The lowest BCUT2D eigenvalue weighted by Crippen LogP contribution is -2.28. The van der Waals surface area contributed by atoms with Gasteiger partial charge in [0.25, 0.3) is 11.6 Å². The number of aromatic nitrogens is 3. The van der Waals surface area contributed by atoms with Gasteiger partial charge >= 0.3 is 0 Å². The van der Waals surface area contributed by atoms with Crippen LogP contribution in [0.4, 0.5) is 5.69 Å². The maximum atomic E-state index is 12.3. The molecule has 0 radical (unpaired) electrons. The molecule has 0 fully saturated rings. The first-order chi connectivity index (χ1) is 15.3. The second-order valence-electron chi connectivity index (χ2n) is 6.94. The van der Waals surface area contributed by atoms with Crippen molar-refractivity contribution in [1.29, 1.82) is 0 Å². The molecule has 0 aliphatic carbocycles. The number of nitro benzene ring substituents is 1. The van der Waals surface area contributed by atoms with Crippen molar-refractivity contribution in [2.24, 2.45) is 7.05 Å². The first-order valence-electron chi connectivity index (χ1n) is 9.73. The van der Waals surface area contributed by atoms with Gasteiger partial charge in [0, 0.05) is 24.7 Å². The van der Waals surface area contributed by atoms with Gasteiger partial charge in [-0.2, -0.15) is 0 Å². The molecule has 3 rings (SSSR count). The van der Waals surface area contributed by atoms with Gasteiger partial charge in [0.15, 0.2) is 11.0 Å². The monoisotopic (exact) mass is 454 g/mol. The van der Waals surface area contributed by atoms with Gasteiger partial charge < -0.3 is 15.2 Å². The first kappa shape index (κ1) is 22.9. The minimum Gasteiger partial charge on any atom is -0.349 e. The summed E-state index contributed by atoms with van der Waals surface area (Å²) in [5, 5.41) is 25.1. The van der Waals surface area contributed by atoms with Crippen LogP contribution in [-0.4, -0.2) is 37.3 Å². The van der Waals surface area contributed by atoms with Crippen molar-refractivity contribution >= 4 is 29.3 Å². The van der Waals surface area contributed by atoms with Crippen LogP contribution in [0.1, 0.15) is 34.7 Å². The van der Waals surface area contributed by atoms with Crippen molar-refractivity contribution in [1.82, 2.24) is 25.4 Å². The van der Waals surface area contributed by atoms with E-state index in [1.165, 1.54) is 36.0 Å². The largest absolute Gasteiger partial charge is 0.349 e. The smallest absolute Gasteiger partial charge is 0.270 e. The number of rotatable bonds is 9. The normalized spacial score (nSPS) is 11.6. The molecule has 1 heterocycles. The number of nitrogens with zero attached hydrogens (tertiary/aromatic N) is 4. The summed E-state index contributed by atoms with van der Waals surface area (Å²) in [5.41, 5.74) is 1.04. The first-order valence-corrected chi connectivity index (χ1v) is 10.7. The molecule has 0 saturated carbocycles. The molecule has 0 unspecified atom stereocenters. The molecule has 1 aromatic heterocycles. The predicted octanol–water partition coefficient (Wildman–Crippen LogP) is 2.62. The molecule has 0 saturated heterocycles. The molecule has 2 aromatic carbocycles. The molecular formula is C21H22N6O4S. The van der Waals surface area contributed by atoms with Crippen LogP contribution in [0.2, 0.25) is 0 Å². The van der Waals surface area contributed by atoms with Gasteiger partial charge in [0.1, 0.15) is 0 Å². The van der Waals surface area contributed by atoms with Crippen LogP contribution in [-0.2, 0) is 18.4 Å². The van der Waals surface area contributed by atoms with Crippen molar-refractivity contribution in [3.8, 4) is 0 Å². The molecule has 2 amide bonds. The van der Waals surface area contributed by atoms with E-state index in [-0.39, 0.29) is 35.5 Å². The van der Waals surface area contributed by atoms with E-state index in [0.29, 0.717) is 11.0 Å². The highest BCUT2D eigenvalue weighted by Crippen LogP contribution is 2.17. The fraction of sp³-hybridized carbons (Fsp3) is 0.238. The molecule has 166 valence electrons. The number of nitrogens with one attached hydrogen (secondary N) is 2. The quantitative estimate of drug-likeness (QED) is 0.288. The Balaban J connectivity index is 1.51. The molecule has 11 heteroatoms. The Kier molecular flexibility index (Phi) is 7.55. The fourth-order valence-corrected chi connectivity index (χ4v) is 3.63. The Morgan fingerprint density at radius 2 is 1.91 bits per heavy atom. The van der Waals surface area contributed by atoms with Crippen LogP contribution in [0, 0.1) is 10.1 Å². The van der Waals surface area contributed by atoms with E-state index in [1.54, 1.807) is 11.6 Å². The third-order valence-electron chi connectivity index (χ3n) is 4.66. The summed E-state index contributed by atoms with van der Waals surface area (Å²) in [4.78, 5) is 34.9. The lowest BCUT2D eigenvalue weighted by Gasteiger charge is -2.14. The number of amides is 2. The van der Waals surface area contributed by atoms with Crippen molar-refractivity contribution < 1.29 is 14.5 Å². The third-order valence-corrected chi connectivity index (χ3v) is 5.68. The summed E-state index contributed by atoms with van der Waals surface area (Å²) in [6.45, 7) is 2.01. The number of carbonyl (C=O) groups excluding carboxylic acids is 2. The highest BCUT2D eigenvalue weighted by atomic mass is 32.2. The summed E-state index contributed by atoms with van der Waals surface area (Å²) in [6.07, 6.45) is 0. The van der Waals surface area contributed by atoms with E-state index >= 15 is 0 Å². The summed E-state index contributed by atoms with van der Waals surface area (Å²) in [5.74, 6) is 0.0721. The zero-order valence-electron chi connectivity index (χ0n) is 17.5. The average molecular weight is 455 g/mol. The number of carbonyl (C=O) groups is 2. The van der Waals surface area contributed by atoms with Crippen LogP contribution in [0.5, 0.6) is 0 Å². The summed E-state index contributed by atoms with van der Waals surface area (Å²) < 4.78 is 1.69. The number of hydrogen-bond acceptors (Lipinski definition) is 7. The molecule has 0 aliphatic heterocycles. The molecule has 2 N–H and O–H groups in total. The van der Waals surface area contributed by atoms with E-state index in [0.717, 1.165) is 5.56 Å². The van der Waals surface area contributed by atoms with E-state index in [9.17, 15) is 19.7 Å². The Labute approximate surface area is 188 Å². The minimum atomic E-state index is -0.556. The van der Waals surface area contributed by atoms with Crippen molar-refractivity contribution in [2.45, 2.75) is 24.7 Å². The highest BCUT2D eigenvalue weighted by molar-refractivity contribution is 7.99. The second-order valence-corrected chi connectivity index (χ2v) is 7.88. The Morgan fingerprint density at radius 3 is 2.62 bits per heavy atom. The number of thioether (sulfide) groups is 1. The Morgan fingerprint density at radius 1 is 1.16 bits per heavy atom. The third kappa shape index (κ3) is 5.91. The van der Waals surface area contributed by atoms with Crippen LogP contribution >= 0.6 is 11.8 Å². The van der Waals surface area contributed by atoms with E-state index < -0.39 is 10.8 Å². The van der Waals surface area contributed by atoms with Gasteiger partial charge in [-0.05, 0) is 18.6 Å². The van der Waals surface area contributed by atoms with E-state index in [2.05, 4.69) is 20.8 Å². The van der Waals surface area contributed by atoms with Crippen molar-refractivity contribution in [3.05, 3.63) is 81.7 Å². The zero-order valence-corrected chi connectivity index (χ0v) is 18.3. The van der Waals surface area contributed by atoms with Crippen LogP contribution in [0.15, 0.2) is 59.8 Å². The molecule has 1 atom stereocenters. The number of hydrogen-bond donors (Lipinski definition) is 2. The second kappa shape index (κ2) is 10.5. The van der Waals surface area contributed by atoms with Crippen molar-refractivity contribution in [3.63, 3.8) is 0 Å². The maximum absolute atomic E-state index is 12.3. The minimum absolute atomic E-state index is 0.0861. The SMILES string of the molecule is C[C@@H](NC(=O)CSc1nnc(CNC(=O)c2cccc([N+](=O)[O-])c2)n1C)c1ccccc1. The summed E-state index contributed by atoms with van der Waals surface area (Å²) >= 11 is 1.24. The zero-order chi connectivity index (χ0) is 23.1. The van der Waals surface area contributed by atoms with E-state index in [4.69, 9.17) is 0 Å². The van der Waals surface area contributed by atoms with Gasteiger partial charge in [-0.15, -0.1) is 10.2 Å². The molecule has 10 nitrogen and oxygen atoms in total. The summed E-state index contributed by atoms with van der Waals surface area (Å²) in [7, 11) is 1.74. The van der Waals surface area contributed by atoms with Gasteiger partial charge in [0.05, 0.1) is 23.3 Å². The summed E-state index contributed by atoms with van der Waals surface area (Å²) in [6, 6.07) is 15.0. The van der Waals surface area contributed by atoms with Crippen LogP contribution in [0.3, 0.4) is 0 Å². The molecule has 0 spiro atoms. The fourth-order valence-electron chi connectivity index (χ4n) is 2.89. The van der Waals surface area contributed by atoms with Gasteiger partial charge in [-0.25, -0.2) is 0 Å².